The minimum atomic E-state index is -0.0411. The van der Waals surface area contributed by atoms with Crippen molar-refractivity contribution in [2.75, 3.05) is 0 Å². The lowest BCUT2D eigenvalue weighted by Crippen LogP contribution is -2.32. The van der Waals surface area contributed by atoms with Gasteiger partial charge in [0, 0.05) is 12.1 Å². The van der Waals surface area contributed by atoms with E-state index < -0.39 is 0 Å². The molecule has 0 bridgehead atoms. The standard InChI is InChI=1S/C10H18N2O2/c1-6(2)11-8-5-9(13)12(7(3)4)10(8)14/h6-7,11,14H,5H2,1-4H3. The third-order valence-electron chi connectivity index (χ3n) is 2.07. The molecule has 4 heteroatoms. The SMILES string of the molecule is CC(C)NC1=C(O)N(C(C)C)C(=O)C1. The van der Waals surface area contributed by atoms with Crippen LogP contribution in [0.4, 0.5) is 0 Å². The molecule has 1 rings (SSSR count). The fraction of sp³-hybridized carbons (Fsp3) is 0.700. The van der Waals surface area contributed by atoms with Gasteiger partial charge in [-0.1, -0.05) is 0 Å². The third kappa shape index (κ3) is 2.00. The maximum atomic E-state index is 11.5. The lowest BCUT2D eigenvalue weighted by molar-refractivity contribution is -0.130. The Hall–Kier alpha value is -1.19. The summed E-state index contributed by atoms with van der Waals surface area (Å²) in [5, 5.41) is 12.8. The molecule has 0 unspecified atom stereocenters. The Labute approximate surface area is 84.6 Å². The van der Waals surface area contributed by atoms with Gasteiger partial charge < -0.3 is 10.4 Å². The number of rotatable bonds is 3. The summed E-state index contributed by atoms with van der Waals surface area (Å²) in [4.78, 5) is 12.9. The van der Waals surface area contributed by atoms with Gasteiger partial charge in [0.2, 0.25) is 11.8 Å². The number of carbonyl (C=O) groups excluding carboxylic acids is 1. The number of aliphatic hydroxyl groups is 1. The lowest BCUT2D eigenvalue weighted by atomic mass is 10.3. The molecule has 1 heterocycles. The Morgan fingerprint density at radius 2 is 1.93 bits per heavy atom. The summed E-state index contributed by atoms with van der Waals surface area (Å²) < 4.78 is 0. The van der Waals surface area contributed by atoms with Crippen molar-refractivity contribution in [3.05, 3.63) is 11.6 Å². The van der Waals surface area contributed by atoms with Crippen LogP contribution < -0.4 is 5.32 Å². The summed E-state index contributed by atoms with van der Waals surface area (Å²) in [5.74, 6) is 0.0411. The van der Waals surface area contributed by atoms with Gasteiger partial charge in [-0.2, -0.15) is 0 Å². The average molecular weight is 198 g/mol. The van der Waals surface area contributed by atoms with E-state index in [1.54, 1.807) is 0 Å². The Morgan fingerprint density at radius 1 is 1.36 bits per heavy atom. The highest BCUT2D eigenvalue weighted by Gasteiger charge is 2.31. The molecule has 1 aliphatic heterocycles. The Bertz CT molecular complexity index is 269. The fourth-order valence-electron chi connectivity index (χ4n) is 1.58. The van der Waals surface area contributed by atoms with Gasteiger partial charge in [0.15, 0.2) is 0 Å². The van der Waals surface area contributed by atoms with Gasteiger partial charge in [0.05, 0.1) is 12.1 Å². The largest absolute Gasteiger partial charge is 0.493 e. The van der Waals surface area contributed by atoms with Crippen LogP contribution in [0, 0.1) is 0 Å². The highest BCUT2D eigenvalue weighted by atomic mass is 16.3. The molecule has 0 aromatic carbocycles. The van der Waals surface area contributed by atoms with Crippen molar-refractivity contribution in [1.82, 2.24) is 10.2 Å². The Kier molecular flexibility index (Phi) is 3.03. The minimum absolute atomic E-state index is 0.00830. The zero-order valence-electron chi connectivity index (χ0n) is 9.16. The number of aliphatic hydroxyl groups excluding tert-OH is 1. The quantitative estimate of drug-likeness (QED) is 0.719. The van der Waals surface area contributed by atoms with E-state index in [0.29, 0.717) is 5.70 Å². The highest BCUT2D eigenvalue weighted by Crippen LogP contribution is 2.22. The molecule has 0 atom stereocenters. The van der Waals surface area contributed by atoms with Crippen LogP contribution in [0.5, 0.6) is 0 Å². The van der Waals surface area contributed by atoms with Crippen LogP contribution in [0.3, 0.4) is 0 Å². The molecule has 0 saturated carbocycles. The molecular weight excluding hydrogens is 180 g/mol. The molecule has 0 aliphatic carbocycles. The summed E-state index contributed by atoms with van der Waals surface area (Å²) in [6, 6.07) is 0.237. The number of carbonyl (C=O) groups is 1. The first kappa shape index (κ1) is 10.9. The van der Waals surface area contributed by atoms with Crippen molar-refractivity contribution in [2.45, 2.75) is 46.2 Å². The summed E-state index contributed by atoms with van der Waals surface area (Å²) >= 11 is 0. The van der Waals surface area contributed by atoms with Gasteiger partial charge in [0.25, 0.3) is 0 Å². The van der Waals surface area contributed by atoms with Crippen molar-refractivity contribution >= 4 is 5.91 Å². The van der Waals surface area contributed by atoms with Crippen molar-refractivity contribution in [3.63, 3.8) is 0 Å². The summed E-state index contributed by atoms with van der Waals surface area (Å²) in [6.07, 6.45) is 0.280. The fourth-order valence-corrected chi connectivity index (χ4v) is 1.58. The highest BCUT2D eigenvalue weighted by molar-refractivity contribution is 5.83. The van der Waals surface area contributed by atoms with E-state index >= 15 is 0 Å². The van der Waals surface area contributed by atoms with E-state index in [0.717, 1.165) is 0 Å². The van der Waals surface area contributed by atoms with E-state index in [4.69, 9.17) is 0 Å². The first-order chi connectivity index (χ1) is 6.43. The molecule has 0 radical (unpaired) electrons. The smallest absolute Gasteiger partial charge is 0.235 e. The molecule has 0 aromatic rings. The third-order valence-corrected chi connectivity index (χ3v) is 2.07. The van der Waals surface area contributed by atoms with Gasteiger partial charge in [0.1, 0.15) is 0 Å². The number of amides is 1. The van der Waals surface area contributed by atoms with Crippen LogP contribution in [0.15, 0.2) is 11.6 Å². The van der Waals surface area contributed by atoms with Gasteiger partial charge in [-0.15, -0.1) is 0 Å². The van der Waals surface area contributed by atoms with Gasteiger partial charge in [-0.05, 0) is 27.7 Å². The molecule has 0 aromatic heterocycles. The predicted molar refractivity (Wildman–Crippen MR) is 54.5 cm³/mol. The minimum Gasteiger partial charge on any atom is -0.493 e. The Morgan fingerprint density at radius 3 is 2.29 bits per heavy atom. The van der Waals surface area contributed by atoms with Crippen molar-refractivity contribution in [3.8, 4) is 0 Å². The van der Waals surface area contributed by atoms with Crippen molar-refractivity contribution in [2.24, 2.45) is 0 Å². The molecule has 14 heavy (non-hydrogen) atoms. The molecule has 80 valence electrons. The molecular formula is C10H18N2O2. The molecule has 4 nitrogen and oxygen atoms in total. The number of nitrogens with zero attached hydrogens (tertiary/aromatic N) is 1. The van der Waals surface area contributed by atoms with E-state index in [1.165, 1.54) is 4.90 Å². The first-order valence-corrected chi connectivity index (χ1v) is 4.94. The summed E-state index contributed by atoms with van der Waals surface area (Å²) in [5.41, 5.74) is 0.638. The lowest BCUT2D eigenvalue weighted by Gasteiger charge is -2.20. The monoisotopic (exact) mass is 198 g/mol. The van der Waals surface area contributed by atoms with Crippen LogP contribution in [0.25, 0.3) is 0 Å². The second-order valence-corrected chi connectivity index (χ2v) is 4.14. The topological polar surface area (TPSA) is 52.6 Å². The van der Waals surface area contributed by atoms with E-state index in [1.807, 2.05) is 27.7 Å². The second-order valence-electron chi connectivity index (χ2n) is 4.14. The van der Waals surface area contributed by atoms with Crippen LogP contribution in [-0.4, -0.2) is 28.0 Å². The molecule has 1 amide bonds. The van der Waals surface area contributed by atoms with Crippen molar-refractivity contribution in [1.29, 1.82) is 0 Å². The Balaban J connectivity index is 2.82. The van der Waals surface area contributed by atoms with Crippen LogP contribution in [0.1, 0.15) is 34.1 Å². The second kappa shape index (κ2) is 3.90. The molecule has 0 saturated heterocycles. The zero-order chi connectivity index (χ0) is 10.9. The summed E-state index contributed by atoms with van der Waals surface area (Å²) in [7, 11) is 0. The molecule has 0 fully saturated rings. The van der Waals surface area contributed by atoms with Crippen LogP contribution in [0.2, 0.25) is 0 Å². The van der Waals surface area contributed by atoms with Crippen LogP contribution >= 0.6 is 0 Å². The number of nitrogens with one attached hydrogen (secondary N) is 1. The summed E-state index contributed by atoms with van der Waals surface area (Å²) in [6.45, 7) is 7.71. The van der Waals surface area contributed by atoms with E-state index in [9.17, 15) is 9.90 Å². The van der Waals surface area contributed by atoms with Crippen molar-refractivity contribution < 1.29 is 9.90 Å². The normalized spacial score (nSPS) is 17.6. The molecule has 0 spiro atoms. The predicted octanol–water partition coefficient (Wildman–Crippen LogP) is 1.35. The average Bonchev–Trinajstić information content (AvgIpc) is 2.25. The molecule has 1 aliphatic rings. The van der Waals surface area contributed by atoms with Gasteiger partial charge in [-0.25, -0.2) is 0 Å². The molecule has 2 N–H and O–H groups in total. The van der Waals surface area contributed by atoms with Gasteiger partial charge in [-0.3, -0.25) is 9.69 Å². The maximum absolute atomic E-state index is 11.5. The first-order valence-electron chi connectivity index (χ1n) is 4.94. The number of hydrogen-bond acceptors (Lipinski definition) is 3. The number of hydrogen-bond donors (Lipinski definition) is 2. The van der Waals surface area contributed by atoms with Gasteiger partial charge >= 0.3 is 0 Å². The van der Waals surface area contributed by atoms with Crippen LogP contribution in [-0.2, 0) is 4.79 Å². The zero-order valence-corrected chi connectivity index (χ0v) is 9.16. The van der Waals surface area contributed by atoms with E-state index in [-0.39, 0.29) is 30.3 Å². The van der Waals surface area contributed by atoms with E-state index in [2.05, 4.69) is 5.32 Å². The maximum Gasteiger partial charge on any atom is 0.235 e.